The maximum atomic E-state index is 5.94. The highest BCUT2D eigenvalue weighted by Crippen LogP contribution is 2.25. The molecule has 2 N–H and O–H groups in total. The molecule has 0 aromatic heterocycles. The molecule has 102 valence electrons. The molecule has 0 radical (unpaired) electrons. The van der Waals surface area contributed by atoms with Gasteiger partial charge in [-0.3, -0.25) is 4.90 Å². The minimum absolute atomic E-state index is 0.625. The molecule has 0 aliphatic heterocycles. The van der Waals surface area contributed by atoms with E-state index in [1.807, 2.05) is 0 Å². The highest BCUT2D eigenvalue weighted by atomic mass is 15.2. The number of hydrogen-bond acceptors (Lipinski definition) is 2. The van der Waals surface area contributed by atoms with Gasteiger partial charge in [0.15, 0.2) is 0 Å². The van der Waals surface area contributed by atoms with E-state index < -0.39 is 0 Å². The standard InChI is InChI=1S/C15H32N2/c1-3-4-5-6-7-12-15(13-16)17(2)14-10-8-9-11-14/h14-15H,3-13,16H2,1-2H3. The second kappa shape index (κ2) is 8.93. The van der Waals surface area contributed by atoms with Crippen LogP contribution in [-0.2, 0) is 0 Å². The molecule has 1 atom stereocenters. The first-order valence-electron chi connectivity index (χ1n) is 7.71. The summed E-state index contributed by atoms with van der Waals surface area (Å²) < 4.78 is 0. The predicted octanol–water partition coefficient (Wildman–Crippen LogP) is 3.55. The molecule has 0 aromatic carbocycles. The van der Waals surface area contributed by atoms with Crippen LogP contribution in [0.3, 0.4) is 0 Å². The van der Waals surface area contributed by atoms with Crippen molar-refractivity contribution in [1.82, 2.24) is 4.90 Å². The van der Waals surface area contributed by atoms with Crippen LogP contribution in [0, 0.1) is 0 Å². The van der Waals surface area contributed by atoms with Crippen LogP contribution in [-0.4, -0.2) is 30.6 Å². The van der Waals surface area contributed by atoms with E-state index in [9.17, 15) is 0 Å². The van der Waals surface area contributed by atoms with Gasteiger partial charge in [-0.05, 0) is 26.3 Å². The van der Waals surface area contributed by atoms with Gasteiger partial charge < -0.3 is 5.73 Å². The van der Waals surface area contributed by atoms with Crippen molar-refractivity contribution in [2.75, 3.05) is 13.6 Å². The third-order valence-corrected chi connectivity index (χ3v) is 4.39. The Morgan fingerprint density at radius 3 is 2.35 bits per heavy atom. The summed E-state index contributed by atoms with van der Waals surface area (Å²) in [6.07, 6.45) is 13.8. The maximum Gasteiger partial charge on any atom is 0.0218 e. The molecule has 0 heterocycles. The SMILES string of the molecule is CCCCCCCC(CN)N(C)C1CCCC1. The average Bonchev–Trinajstić information content (AvgIpc) is 2.87. The minimum Gasteiger partial charge on any atom is -0.329 e. The van der Waals surface area contributed by atoms with Crippen LogP contribution in [0.1, 0.15) is 71.1 Å². The number of nitrogens with zero attached hydrogens (tertiary/aromatic N) is 1. The lowest BCUT2D eigenvalue weighted by molar-refractivity contribution is 0.167. The summed E-state index contributed by atoms with van der Waals surface area (Å²) in [4.78, 5) is 2.58. The molecule has 0 aromatic rings. The van der Waals surface area contributed by atoms with E-state index in [0.717, 1.165) is 12.6 Å². The van der Waals surface area contributed by atoms with E-state index in [0.29, 0.717) is 6.04 Å². The van der Waals surface area contributed by atoms with Gasteiger partial charge in [0.1, 0.15) is 0 Å². The number of nitrogens with two attached hydrogens (primary N) is 1. The molecule has 0 spiro atoms. The van der Waals surface area contributed by atoms with Crippen LogP contribution in [0.5, 0.6) is 0 Å². The Bertz CT molecular complexity index is 176. The second-order valence-corrected chi connectivity index (χ2v) is 5.70. The summed E-state index contributed by atoms with van der Waals surface area (Å²) in [5, 5.41) is 0. The Kier molecular flexibility index (Phi) is 7.87. The zero-order chi connectivity index (χ0) is 12.5. The Morgan fingerprint density at radius 1 is 1.12 bits per heavy atom. The van der Waals surface area contributed by atoms with Gasteiger partial charge in [-0.2, -0.15) is 0 Å². The molecule has 0 saturated heterocycles. The van der Waals surface area contributed by atoms with Crippen molar-refractivity contribution in [3.63, 3.8) is 0 Å². The second-order valence-electron chi connectivity index (χ2n) is 5.70. The Morgan fingerprint density at radius 2 is 1.76 bits per heavy atom. The summed E-state index contributed by atoms with van der Waals surface area (Å²) in [6.45, 7) is 3.11. The van der Waals surface area contributed by atoms with Crippen LogP contribution < -0.4 is 5.73 Å². The first kappa shape index (κ1) is 15.0. The highest BCUT2D eigenvalue weighted by molar-refractivity contribution is 4.81. The molecule has 1 rings (SSSR count). The van der Waals surface area contributed by atoms with Gasteiger partial charge in [-0.15, -0.1) is 0 Å². The molecule has 1 aliphatic carbocycles. The maximum absolute atomic E-state index is 5.94. The number of rotatable bonds is 9. The molecular weight excluding hydrogens is 208 g/mol. The largest absolute Gasteiger partial charge is 0.329 e. The molecule has 1 aliphatic rings. The van der Waals surface area contributed by atoms with Gasteiger partial charge >= 0.3 is 0 Å². The van der Waals surface area contributed by atoms with Gasteiger partial charge in [-0.1, -0.05) is 51.9 Å². The predicted molar refractivity (Wildman–Crippen MR) is 76.2 cm³/mol. The van der Waals surface area contributed by atoms with Crippen LogP contribution in [0.25, 0.3) is 0 Å². The monoisotopic (exact) mass is 240 g/mol. The summed E-state index contributed by atoms with van der Waals surface area (Å²) in [6, 6.07) is 1.44. The van der Waals surface area contributed by atoms with Gasteiger partial charge in [0.25, 0.3) is 0 Å². The fourth-order valence-electron chi connectivity index (χ4n) is 3.08. The zero-order valence-electron chi connectivity index (χ0n) is 12.0. The van der Waals surface area contributed by atoms with Crippen LogP contribution >= 0.6 is 0 Å². The summed E-state index contributed by atoms with van der Waals surface area (Å²) in [7, 11) is 2.29. The van der Waals surface area contributed by atoms with Crippen LogP contribution in [0.15, 0.2) is 0 Å². The third kappa shape index (κ3) is 5.39. The molecule has 2 heteroatoms. The third-order valence-electron chi connectivity index (χ3n) is 4.39. The Hall–Kier alpha value is -0.0800. The lowest BCUT2D eigenvalue weighted by Gasteiger charge is -2.32. The number of likely N-dealkylation sites (N-methyl/N-ethyl adjacent to an activating group) is 1. The van der Waals surface area contributed by atoms with Crippen molar-refractivity contribution >= 4 is 0 Å². The van der Waals surface area contributed by atoms with Crippen LogP contribution in [0.4, 0.5) is 0 Å². The lowest BCUT2D eigenvalue weighted by Crippen LogP contribution is -2.43. The van der Waals surface area contributed by atoms with Crippen molar-refractivity contribution in [3.8, 4) is 0 Å². The summed E-state index contributed by atoms with van der Waals surface area (Å²) in [5.41, 5.74) is 5.94. The highest BCUT2D eigenvalue weighted by Gasteiger charge is 2.24. The van der Waals surface area contributed by atoms with Crippen molar-refractivity contribution in [1.29, 1.82) is 0 Å². The smallest absolute Gasteiger partial charge is 0.0218 e. The fourth-order valence-corrected chi connectivity index (χ4v) is 3.08. The molecule has 2 nitrogen and oxygen atoms in total. The van der Waals surface area contributed by atoms with E-state index in [2.05, 4.69) is 18.9 Å². The van der Waals surface area contributed by atoms with Gasteiger partial charge in [0.05, 0.1) is 0 Å². The van der Waals surface area contributed by atoms with E-state index in [-0.39, 0.29) is 0 Å². The van der Waals surface area contributed by atoms with Crippen molar-refractivity contribution in [2.24, 2.45) is 5.73 Å². The lowest BCUT2D eigenvalue weighted by atomic mass is 10.0. The Labute approximate surface area is 108 Å². The summed E-state index contributed by atoms with van der Waals surface area (Å²) >= 11 is 0. The number of hydrogen-bond donors (Lipinski definition) is 1. The molecule has 0 bridgehead atoms. The quantitative estimate of drug-likeness (QED) is 0.625. The molecule has 1 unspecified atom stereocenters. The van der Waals surface area contributed by atoms with Gasteiger partial charge in [0.2, 0.25) is 0 Å². The fraction of sp³-hybridized carbons (Fsp3) is 1.00. The van der Waals surface area contributed by atoms with Gasteiger partial charge in [-0.25, -0.2) is 0 Å². The first-order chi connectivity index (χ1) is 8.29. The van der Waals surface area contributed by atoms with Crippen LogP contribution in [0.2, 0.25) is 0 Å². The average molecular weight is 240 g/mol. The molecular formula is C15H32N2. The molecule has 1 fully saturated rings. The molecule has 1 saturated carbocycles. The first-order valence-corrected chi connectivity index (χ1v) is 7.71. The summed E-state index contributed by atoms with van der Waals surface area (Å²) in [5.74, 6) is 0. The normalized spacial score (nSPS) is 19.1. The van der Waals surface area contributed by atoms with E-state index >= 15 is 0 Å². The van der Waals surface area contributed by atoms with E-state index in [1.165, 1.54) is 64.2 Å². The van der Waals surface area contributed by atoms with Gasteiger partial charge in [0, 0.05) is 18.6 Å². The Balaban J connectivity index is 2.17. The van der Waals surface area contributed by atoms with E-state index in [4.69, 9.17) is 5.73 Å². The topological polar surface area (TPSA) is 29.3 Å². The zero-order valence-corrected chi connectivity index (χ0v) is 12.0. The molecule has 17 heavy (non-hydrogen) atoms. The van der Waals surface area contributed by atoms with E-state index in [1.54, 1.807) is 0 Å². The molecule has 0 amide bonds. The van der Waals surface area contributed by atoms with Crippen molar-refractivity contribution in [2.45, 2.75) is 83.2 Å². The minimum atomic E-state index is 0.625. The number of unbranched alkanes of at least 4 members (excludes halogenated alkanes) is 4. The van der Waals surface area contributed by atoms with Crippen molar-refractivity contribution in [3.05, 3.63) is 0 Å². The van der Waals surface area contributed by atoms with Crippen molar-refractivity contribution < 1.29 is 0 Å².